The molecule has 0 aliphatic carbocycles. The molecule has 2 N–H and O–H groups in total. The van der Waals surface area contributed by atoms with Gasteiger partial charge < -0.3 is 9.47 Å². The van der Waals surface area contributed by atoms with Crippen molar-refractivity contribution in [3.63, 3.8) is 0 Å². The fourth-order valence-corrected chi connectivity index (χ4v) is 3.19. The van der Waals surface area contributed by atoms with E-state index in [0.717, 1.165) is 5.56 Å². The highest BCUT2D eigenvalue weighted by Gasteiger charge is 2.10. The molecule has 0 atom stereocenters. The van der Waals surface area contributed by atoms with Gasteiger partial charge in [0.1, 0.15) is 12.4 Å². The summed E-state index contributed by atoms with van der Waals surface area (Å²) in [6.07, 6.45) is 3.19. The van der Waals surface area contributed by atoms with Gasteiger partial charge in [-0.2, -0.15) is 0 Å². The first kappa shape index (κ1) is 17.2. The number of benzene rings is 2. The van der Waals surface area contributed by atoms with E-state index in [2.05, 4.69) is 4.98 Å². The molecule has 0 bridgehead atoms. The first-order valence-electron chi connectivity index (χ1n) is 7.50. The quantitative estimate of drug-likeness (QED) is 0.697. The summed E-state index contributed by atoms with van der Waals surface area (Å²) in [6.45, 7) is 0.260. The summed E-state index contributed by atoms with van der Waals surface area (Å²) in [6, 6.07) is 11.8. The Labute approximate surface area is 145 Å². The largest absolute Gasteiger partial charge is 0.494 e. The number of aromatic nitrogens is 1. The number of rotatable bonds is 5. The number of hydrogen-bond donors (Lipinski definition) is 2. The van der Waals surface area contributed by atoms with E-state index in [1.807, 2.05) is 18.2 Å². The molecular weight excluding hydrogens is 341 g/mol. The highest BCUT2D eigenvalue weighted by Crippen LogP contribution is 2.30. The lowest BCUT2D eigenvalue weighted by molar-refractivity contribution is 0.309. The van der Waals surface area contributed by atoms with Crippen molar-refractivity contribution in [1.29, 1.82) is 9.56 Å². The van der Waals surface area contributed by atoms with Gasteiger partial charge in [-0.1, -0.05) is 12.1 Å². The minimum absolute atomic E-state index is 0.137. The van der Waals surface area contributed by atoms with E-state index in [1.165, 1.54) is 19.2 Å². The van der Waals surface area contributed by atoms with Gasteiger partial charge in [0.05, 0.1) is 12.6 Å². The maximum Gasteiger partial charge on any atom is 0.165 e. The van der Waals surface area contributed by atoms with Crippen molar-refractivity contribution in [3.8, 4) is 11.5 Å². The second-order valence-corrected chi connectivity index (χ2v) is 7.98. The van der Waals surface area contributed by atoms with Crippen molar-refractivity contribution >= 4 is 20.5 Å². The van der Waals surface area contributed by atoms with Crippen LogP contribution in [0.4, 0.5) is 4.39 Å². The fraction of sp³-hybridized carbons (Fsp3) is 0.167. The summed E-state index contributed by atoms with van der Waals surface area (Å²) < 4.78 is 40.6. The maximum atomic E-state index is 14.0. The molecule has 2 aromatic carbocycles. The second-order valence-electron chi connectivity index (χ2n) is 5.67. The topological polar surface area (TPSA) is 79.1 Å². The Hall–Kier alpha value is -2.67. The van der Waals surface area contributed by atoms with Crippen molar-refractivity contribution in [2.24, 2.45) is 0 Å². The molecule has 3 rings (SSSR count). The molecule has 5 nitrogen and oxygen atoms in total. The molecule has 0 radical (unpaired) electrons. The van der Waals surface area contributed by atoms with E-state index >= 15 is 0 Å². The Morgan fingerprint density at radius 1 is 1.12 bits per heavy atom. The molecule has 3 aromatic rings. The highest BCUT2D eigenvalue weighted by molar-refractivity contribution is 7.92. The van der Waals surface area contributed by atoms with E-state index in [-0.39, 0.29) is 12.4 Å². The third-order valence-electron chi connectivity index (χ3n) is 3.74. The molecule has 0 amide bonds. The van der Waals surface area contributed by atoms with Crippen molar-refractivity contribution < 1.29 is 13.9 Å². The summed E-state index contributed by atoms with van der Waals surface area (Å²) in [5, 5.41) is 0.563. The SMILES string of the molecule is COc1cc2nccc(OCc3cccc(S(C)(=N)=N)c3)c2cc1F. The van der Waals surface area contributed by atoms with Gasteiger partial charge in [-0.25, -0.2) is 4.39 Å². The summed E-state index contributed by atoms with van der Waals surface area (Å²) >= 11 is 0. The van der Waals surface area contributed by atoms with Crippen LogP contribution in [0.5, 0.6) is 11.5 Å². The fourth-order valence-electron chi connectivity index (χ4n) is 2.45. The number of ether oxygens (including phenoxy) is 2. The van der Waals surface area contributed by atoms with Crippen LogP contribution >= 0.6 is 0 Å². The van der Waals surface area contributed by atoms with Crippen LogP contribution in [-0.2, 0) is 16.2 Å². The number of methoxy groups -OCH3 is 1. The minimum Gasteiger partial charge on any atom is -0.494 e. The molecule has 0 spiro atoms. The molecule has 0 aliphatic rings. The van der Waals surface area contributed by atoms with Crippen LogP contribution < -0.4 is 9.47 Å². The molecule has 130 valence electrons. The van der Waals surface area contributed by atoms with E-state index in [9.17, 15) is 4.39 Å². The van der Waals surface area contributed by atoms with E-state index in [1.54, 1.807) is 24.6 Å². The van der Waals surface area contributed by atoms with Crippen LogP contribution in [0.2, 0.25) is 0 Å². The summed E-state index contributed by atoms with van der Waals surface area (Å²) in [5.74, 6) is 0.180. The maximum absolute atomic E-state index is 14.0. The smallest absolute Gasteiger partial charge is 0.165 e. The average molecular weight is 359 g/mol. The predicted octanol–water partition coefficient (Wildman–Crippen LogP) is 4.63. The second kappa shape index (κ2) is 6.68. The Kier molecular flexibility index (Phi) is 4.59. The third-order valence-corrected chi connectivity index (χ3v) is 4.94. The predicted molar refractivity (Wildman–Crippen MR) is 96.0 cm³/mol. The lowest BCUT2D eigenvalue weighted by Gasteiger charge is -2.12. The van der Waals surface area contributed by atoms with E-state index in [0.29, 0.717) is 21.5 Å². The molecular formula is C18H18FN3O2S. The van der Waals surface area contributed by atoms with Crippen LogP contribution in [0.1, 0.15) is 5.56 Å². The zero-order valence-electron chi connectivity index (χ0n) is 13.9. The Morgan fingerprint density at radius 3 is 2.64 bits per heavy atom. The number of fused-ring (bicyclic) bond motifs is 1. The number of pyridine rings is 1. The lowest BCUT2D eigenvalue weighted by Crippen LogP contribution is -2.00. The number of halogens is 1. The molecule has 0 aliphatic heterocycles. The summed E-state index contributed by atoms with van der Waals surface area (Å²) in [7, 11) is -0.877. The van der Waals surface area contributed by atoms with Gasteiger partial charge in [-0.3, -0.25) is 14.5 Å². The van der Waals surface area contributed by atoms with Crippen LogP contribution in [-0.4, -0.2) is 18.3 Å². The first-order valence-corrected chi connectivity index (χ1v) is 9.54. The number of nitrogens with zero attached hydrogens (tertiary/aromatic N) is 1. The van der Waals surface area contributed by atoms with Gasteiger partial charge >= 0.3 is 0 Å². The van der Waals surface area contributed by atoms with E-state index < -0.39 is 15.4 Å². The van der Waals surface area contributed by atoms with Crippen LogP contribution in [0.25, 0.3) is 10.9 Å². The molecule has 25 heavy (non-hydrogen) atoms. The van der Waals surface area contributed by atoms with Crippen LogP contribution in [0.15, 0.2) is 53.6 Å². The number of nitrogens with one attached hydrogen (secondary N) is 2. The van der Waals surface area contributed by atoms with Crippen molar-refractivity contribution in [1.82, 2.24) is 4.98 Å². The number of hydrogen-bond acceptors (Lipinski definition) is 5. The van der Waals surface area contributed by atoms with Crippen molar-refractivity contribution in [2.45, 2.75) is 11.5 Å². The van der Waals surface area contributed by atoms with Crippen LogP contribution in [0, 0.1) is 15.4 Å². The minimum atomic E-state index is -2.29. The van der Waals surface area contributed by atoms with Gasteiger partial charge in [0, 0.05) is 28.8 Å². The highest BCUT2D eigenvalue weighted by atomic mass is 32.2. The van der Waals surface area contributed by atoms with Gasteiger partial charge in [0.25, 0.3) is 0 Å². The third kappa shape index (κ3) is 3.71. The molecule has 0 saturated carbocycles. The van der Waals surface area contributed by atoms with Crippen molar-refractivity contribution in [3.05, 3.63) is 60.0 Å². The Bertz CT molecular complexity index is 1040. The van der Waals surface area contributed by atoms with Gasteiger partial charge in [-0.05, 0) is 39.4 Å². The summed E-state index contributed by atoms with van der Waals surface area (Å²) in [4.78, 5) is 4.89. The molecule has 1 heterocycles. The van der Waals surface area contributed by atoms with Crippen molar-refractivity contribution in [2.75, 3.05) is 13.4 Å². The molecule has 1 aromatic heterocycles. The Balaban J connectivity index is 1.90. The molecule has 7 heteroatoms. The normalized spacial score (nSPS) is 11.5. The average Bonchev–Trinajstić information content (AvgIpc) is 2.59. The molecule has 0 fully saturated rings. The monoisotopic (exact) mass is 359 g/mol. The lowest BCUT2D eigenvalue weighted by atomic mass is 10.2. The molecule has 0 unspecified atom stereocenters. The van der Waals surface area contributed by atoms with Gasteiger partial charge in [-0.15, -0.1) is 0 Å². The van der Waals surface area contributed by atoms with E-state index in [4.69, 9.17) is 19.0 Å². The summed E-state index contributed by atoms with van der Waals surface area (Å²) in [5.41, 5.74) is 1.44. The Morgan fingerprint density at radius 2 is 1.92 bits per heavy atom. The zero-order valence-corrected chi connectivity index (χ0v) is 14.7. The van der Waals surface area contributed by atoms with Gasteiger partial charge in [0.2, 0.25) is 0 Å². The zero-order chi connectivity index (χ0) is 18.0. The van der Waals surface area contributed by atoms with Gasteiger partial charge in [0.15, 0.2) is 11.6 Å². The van der Waals surface area contributed by atoms with Crippen LogP contribution in [0.3, 0.4) is 0 Å². The standard InChI is InChI=1S/C18H18FN3O2S/c1-23-18-10-16-14(9-15(18)19)17(6-7-22-16)24-11-12-4-3-5-13(8-12)25(2,20)21/h3-10,20-21H,11H2,1-2H3. The molecule has 0 saturated heterocycles. The first-order chi connectivity index (χ1) is 11.9.